The molecule has 1 heterocycles. The number of anilines is 1. The molecule has 6 heteroatoms. The monoisotopic (exact) mass is 350 g/mol. The highest BCUT2D eigenvalue weighted by atomic mass is 35.5. The zero-order chi connectivity index (χ0) is 17.0. The third-order valence-electron chi connectivity index (χ3n) is 4.39. The number of amides is 1. The number of nitrogens with one attached hydrogen (secondary N) is 1. The first kappa shape index (κ1) is 20.3. The van der Waals surface area contributed by atoms with Crippen molar-refractivity contribution in [2.75, 3.05) is 18.4 Å². The number of likely N-dealkylation sites (tertiary alicyclic amines) is 1. The molecule has 0 aliphatic carbocycles. The zero-order valence-electron chi connectivity index (χ0n) is 14.6. The summed E-state index contributed by atoms with van der Waals surface area (Å²) in [6.07, 6.45) is 1.81. The summed E-state index contributed by atoms with van der Waals surface area (Å²) in [4.78, 5) is 14.3. The fourth-order valence-electron chi connectivity index (χ4n) is 2.69. The first-order valence-corrected chi connectivity index (χ1v) is 8.12. The minimum atomic E-state index is -0.453. The Morgan fingerprint density at radius 3 is 2.29 bits per heavy atom. The van der Waals surface area contributed by atoms with E-state index in [2.05, 4.69) is 11.4 Å². The van der Waals surface area contributed by atoms with Gasteiger partial charge in [-0.15, -0.1) is 12.4 Å². The van der Waals surface area contributed by atoms with E-state index >= 15 is 0 Å². The van der Waals surface area contributed by atoms with Crippen LogP contribution in [0.25, 0.3) is 0 Å². The molecule has 1 aromatic carbocycles. The molecule has 1 aromatic rings. The number of carbonyl (C=O) groups excluding carboxylic acids is 1. The van der Waals surface area contributed by atoms with Gasteiger partial charge in [0.25, 0.3) is 0 Å². The van der Waals surface area contributed by atoms with Crippen LogP contribution in [0.1, 0.15) is 39.2 Å². The number of nitrogens with two attached hydrogens (primary N) is 1. The molecule has 1 aliphatic heterocycles. The lowest BCUT2D eigenvalue weighted by Gasteiger charge is -2.37. The van der Waals surface area contributed by atoms with Gasteiger partial charge in [0.05, 0.1) is 17.7 Å². The number of piperidine rings is 1. The zero-order valence-corrected chi connectivity index (χ0v) is 15.4. The molecule has 3 N–H and O–H groups in total. The van der Waals surface area contributed by atoms with Crippen molar-refractivity contribution in [3.8, 4) is 6.07 Å². The van der Waals surface area contributed by atoms with Gasteiger partial charge >= 0.3 is 0 Å². The molecule has 1 saturated heterocycles. The van der Waals surface area contributed by atoms with Crippen molar-refractivity contribution in [1.29, 1.82) is 5.26 Å². The molecule has 0 radical (unpaired) electrons. The lowest BCUT2D eigenvalue weighted by atomic mass is 9.86. The van der Waals surface area contributed by atoms with E-state index in [9.17, 15) is 4.79 Å². The van der Waals surface area contributed by atoms with Crippen molar-refractivity contribution in [3.05, 3.63) is 29.8 Å². The van der Waals surface area contributed by atoms with Crippen LogP contribution in [0, 0.1) is 16.7 Å². The largest absolute Gasteiger partial charge is 0.382 e. The maximum absolute atomic E-state index is 12.4. The summed E-state index contributed by atoms with van der Waals surface area (Å²) in [7, 11) is 0. The number of hydrogen-bond acceptors (Lipinski definition) is 4. The van der Waals surface area contributed by atoms with E-state index in [-0.39, 0.29) is 23.7 Å². The van der Waals surface area contributed by atoms with Crippen molar-refractivity contribution in [2.45, 2.75) is 45.7 Å². The fourth-order valence-corrected chi connectivity index (χ4v) is 2.69. The smallest absolute Gasteiger partial charge is 0.240 e. The lowest BCUT2D eigenvalue weighted by Crippen LogP contribution is -2.53. The SMILES string of the molecule is CC(C)(C)[C@H](N)C(=O)N1CCC(Nc2ccc(C#N)cc2)CC1.Cl. The molecule has 0 unspecified atom stereocenters. The number of hydrogen-bond donors (Lipinski definition) is 2. The second-order valence-electron chi connectivity index (χ2n) is 7.28. The summed E-state index contributed by atoms with van der Waals surface area (Å²) in [6.45, 7) is 7.45. The van der Waals surface area contributed by atoms with Crippen LogP contribution in [-0.4, -0.2) is 36.0 Å². The third kappa shape index (κ3) is 5.12. The third-order valence-corrected chi connectivity index (χ3v) is 4.39. The summed E-state index contributed by atoms with van der Waals surface area (Å²) in [5.41, 5.74) is 7.54. The van der Waals surface area contributed by atoms with Gasteiger partial charge in [0.2, 0.25) is 5.91 Å². The molecule has 1 aliphatic rings. The van der Waals surface area contributed by atoms with Crippen LogP contribution in [0.15, 0.2) is 24.3 Å². The average molecular weight is 351 g/mol. The summed E-state index contributed by atoms with van der Waals surface area (Å²) >= 11 is 0. The maximum atomic E-state index is 12.4. The van der Waals surface area contributed by atoms with Crippen LogP contribution in [0.2, 0.25) is 0 Å². The Morgan fingerprint density at radius 1 is 1.29 bits per heavy atom. The Bertz CT molecular complexity index is 581. The van der Waals surface area contributed by atoms with Crippen molar-refractivity contribution >= 4 is 24.0 Å². The van der Waals surface area contributed by atoms with Crippen LogP contribution in [-0.2, 0) is 4.79 Å². The molecule has 132 valence electrons. The number of benzene rings is 1. The number of nitriles is 1. The number of rotatable bonds is 3. The Balaban J connectivity index is 0.00000288. The highest BCUT2D eigenvalue weighted by molar-refractivity contribution is 5.85. The van der Waals surface area contributed by atoms with E-state index in [1.165, 1.54) is 0 Å². The molecule has 2 rings (SSSR count). The number of halogens is 1. The van der Waals surface area contributed by atoms with Gasteiger partial charge in [-0.1, -0.05) is 20.8 Å². The predicted octanol–water partition coefficient (Wildman–Crippen LogP) is 2.76. The molecular formula is C18H27ClN4O. The van der Waals surface area contributed by atoms with Crippen molar-refractivity contribution in [1.82, 2.24) is 4.90 Å². The van der Waals surface area contributed by atoms with Gasteiger partial charge in [-0.05, 0) is 42.5 Å². The molecule has 1 atom stereocenters. The van der Waals surface area contributed by atoms with Gasteiger partial charge in [0, 0.05) is 24.8 Å². The molecule has 24 heavy (non-hydrogen) atoms. The quantitative estimate of drug-likeness (QED) is 0.878. The number of nitrogens with zero attached hydrogens (tertiary/aromatic N) is 2. The lowest BCUT2D eigenvalue weighted by molar-refractivity contribution is -0.135. The Labute approximate surface area is 150 Å². The van der Waals surface area contributed by atoms with Crippen LogP contribution < -0.4 is 11.1 Å². The predicted molar refractivity (Wildman–Crippen MR) is 99.1 cm³/mol. The minimum absolute atomic E-state index is 0. The molecule has 0 aromatic heterocycles. The first-order chi connectivity index (χ1) is 10.8. The van der Waals surface area contributed by atoms with Crippen LogP contribution in [0.5, 0.6) is 0 Å². The van der Waals surface area contributed by atoms with Crippen molar-refractivity contribution < 1.29 is 4.79 Å². The van der Waals surface area contributed by atoms with Crippen LogP contribution in [0.4, 0.5) is 5.69 Å². The van der Waals surface area contributed by atoms with E-state index in [1.807, 2.05) is 49.9 Å². The molecule has 0 spiro atoms. The molecule has 0 bridgehead atoms. The second kappa shape index (κ2) is 8.36. The molecule has 0 saturated carbocycles. The first-order valence-electron chi connectivity index (χ1n) is 8.12. The molecule has 5 nitrogen and oxygen atoms in total. The number of carbonyl (C=O) groups is 1. The highest BCUT2D eigenvalue weighted by Crippen LogP contribution is 2.22. The summed E-state index contributed by atoms with van der Waals surface area (Å²) < 4.78 is 0. The van der Waals surface area contributed by atoms with E-state index in [4.69, 9.17) is 11.0 Å². The van der Waals surface area contributed by atoms with Crippen LogP contribution >= 0.6 is 12.4 Å². The van der Waals surface area contributed by atoms with E-state index < -0.39 is 6.04 Å². The molecule has 1 fully saturated rings. The Kier molecular flexibility index (Phi) is 7.07. The highest BCUT2D eigenvalue weighted by Gasteiger charge is 2.32. The summed E-state index contributed by atoms with van der Waals surface area (Å²) in [5, 5.41) is 12.3. The van der Waals surface area contributed by atoms with E-state index in [1.54, 1.807) is 0 Å². The van der Waals surface area contributed by atoms with Gasteiger partial charge in [-0.2, -0.15) is 5.26 Å². The Hall–Kier alpha value is -1.77. The molecular weight excluding hydrogens is 324 g/mol. The van der Waals surface area contributed by atoms with Gasteiger partial charge in [-0.3, -0.25) is 4.79 Å². The minimum Gasteiger partial charge on any atom is -0.382 e. The average Bonchev–Trinajstić information content (AvgIpc) is 2.54. The topological polar surface area (TPSA) is 82.2 Å². The van der Waals surface area contributed by atoms with E-state index in [0.717, 1.165) is 31.6 Å². The normalized spacial score (nSPS) is 16.7. The Morgan fingerprint density at radius 2 is 1.83 bits per heavy atom. The summed E-state index contributed by atoms with van der Waals surface area (Å²) in [6, 6.07) is 9.47. The van der Waals surface area contributed by atoms with Gasteiger partial charge in [-0.25, -0.2) is 0 Å². The van der Waals surface area contributed by atoms with Crippen molar-refractivity contribution in [2.24, 2.45) is 11.1 Å². The maximum Gasteiger partial charge on any atom is 0.240 e. The standard InChI is InChI=1S/C18H26N4O.ClH/c1-18(2,3)16(20)17(23)22-10-8-15(9-11-22)21-14-6-4-13(12-19)5-7-14;/h4-7,15-16,21H,8-11,20H2,1-3H3;1H/t16-;/m1./s1. The second-order valence-corrected chi connectivity index (χ2v) is 7.28. The molecule has 1 amide bonds. The van der Waals surface area contributed by atoms with Gasteiger partial charge in [0.1, 0.15) is 0 Å². The van der Waals surface area contributed by atoms with Crippen LogP contribution in [0.3, 0.4) is 0 Å². The van der Waals surface area contributed by atoms with E-state index in [0.29, 0.717) is 11.6 Å². The fraction of sp³-hybridized carbons (Fsp3) is 0.556. The summed E-state index contributed by atoms with van der Waals surface area (Å²) in [5.74, 6) is 0.0503. The van der Waals surface area contributed by atoms with Gasteiger partial charge in [0.15, 0.2) is 0 Å². The van der Waals surface area contributed by atoms with Gasteiger partial charge < -0.3 is 16.0 Å². The van der Waals surface area contributed by atoms with Crippen molar-refractivity contribution in [3.63, 3.8) is 0 Å².